The number of nitrogens with one attached hydrogen (secondary N) is 7. The molecule has 0 atom stereocenters. The van der Waals surface area contributed by atoms with Gasteiger partial charge >= 0.3 is 31.0 Å². The van der Waals surface area contributed by atoms with Crippen molar-refractivity contribution in [1.29, 1.82) is 0 Å². The van der Waals surface area contributed by atoms with E-state index in [-0.39, 0.29) is 52.3 Å². The average Bonchev–Trinajstić information content (AvgIpc) is 1.78. The van der Waals surface area contributed by atoms with Crippen LogP contribution in [-0.4, -0.2) is 190 Å². The lowest BCUT2D eigenvalue weighted by Gasteiger charge is -2.19. The molecule has 0 spiro atoms. The summed E-state index contributed by atoms with van der Waals surface area (Å²) in [5.41, 5.74) is 9.67. The molecule has 28 nitrogen and oxygen atoms in total. The molecular weight excluding hydrogens is 2010 g/mol. The van der Waals surface area contributed by atoms with Crippen LogP contribution in [0.4, 0.5) is 17.6 Å². The van der Waals surface area contributed by atoms with Gasteiger partial charge in [-0.1, -0.05) is 90.2 Å². The van der Waals surface area contributed by atoms with Gasteiger partial charge in [0.05, 0.1) is 107 Å². The maximum absolute atomic E-state index is 14.1. The van der Waals surface area contributed by atoms with Crippen LogP contribution in [-0.2, 0) is 27.3 Å². The van der Waals surface area contributed by atoms with E-state index in [4.69, 9.17) is 38.8 Å². The minimum Gasteiger partial charge on any atom is -0.507 e. The highest BCUT2D eigenvalue weighted by Crippen LogP contribution is 2.37. The van der Waals surface area contributed by atoms with Gasteiger partial charge in [-0.25, -0.2) is 36.7 Å². The van der Waals surface area contributed by atoms with Gasteiger partial charge in [-0.2, -0.15) is 0 Å². The van der Waals surface area contributed by atoms with E-state index in [1.54, 1.807) is 104 Å². The van der Waals surface area contributed by atoms with E-state index < -0.39 is 71.9 Å². The Kier molecular flexibility index (Phi) is 45.9. The number of phenols is 1. The Balaban J connectivity index is 0.000000290. The second-order valence-corrected chi connectivity index (χ2v) is 31.4. The van der Waals surface area contributed by atoms with Crippen LogP contribution < -0.4 is 51.0 Å². The molecule has 2 heterocycles. The molecule has 13 aromatic rings. The monoisotopic (exact) mass is 2110 g/mol. The molecule has 0 saturated heterocycles. The van der Waals surface area contributed by atoms with Crippen molar-refractivity contribution in [1.82, 2.24) is 41.5 Å². The number of aromatic carboxylic acids is 1. The zero-order valence-electron chi connectivity index (χ0n) is 76.8. The number of amides is 5. The summed E-state index contributed by atoms with van der Waals surface area (Å²) in [7, 11) is 11.6. The first kappa shape index (κ1) is 111. The standard InChI is InChI=1S/C27H26FN3O3.C18H18FNO4.C17H16FNO4.C10H11BrO3.C10H12N2.C8H9BFNO3.C8H7BrO3.C2H5I.H2/c1-4-34-24-15-19(8-10-21(24)18-9-11-23(28)22(14-18)26(32)29-2)27(33)31(3)16-20-7-5-6-17-12-13-30-25(17)20;1-4-24-16-10-12(18(22)23-3)5-7-13(16)11-6-8-15(19)14(9-11)17(21)20-2;1-3-23-15-9-11(17(21)22)4-6-12(15)10-5-7-14(18)13(8-10)16(20)19-2;1-3-14-9-6-7(10(12)13-2)4-5-8(9)11;1-11-7-9-4-2-3-8-5-6-12-10(8)9;1-11-8(12)6-4-5(9(13)14)2-3-7(6)10;1-12-8(11)5-2-3-6(9)7(10)4-5;1-2-3;/h5-15,30H,4,16H2,1-3H3,(H,29,32);5-10H,4H2,1-3H3,(H,20,21);4-9H,3H2,1-2H3,(H,19,20)(H,21,22);4-6H,3H2,1-2H3;2-6,11-12H,7H2,1H3;2-4,13-14H,1H3,(H,11,12);2-4,10H,1H3;2H2,1H3;1H/i;;;;;;;;1+1. The lowest BCUT2D eigenvalue weighted by molar-refractivity contribution is 0.0591. The molecule has 11 aromatic carbocycles. The predicted molar refractivity (Wildman–Crippen MR) is 533 cm³/mol. The highest BCUT2D eigenvalue weighted by atomic mass is 127. The molecule has 136 heavy (non-hydrogen) atoms. The fraction of sp³-hybridized carbons (Fsp3) is 0.210. The van der Waals surface area contributed by atoms with Crippen molar-refractivity contribution >= 4 is 142 Å². The fourth-order valence-electron chi connectivity index (χ4n) is 12.7. The van der Waals surface area contributed by atoms with E-state index >= 15 is 0 Å². The van der Waals surface area contributed by atoms with Gasteiger partial charge in [0.25, 0.3) is 29.5 Å². The highest BCUT2D eigenvalue weighted by Gasteiger charge is 2.24. The van der Waals surface area contributed by atoms with Gasteiger partial charge in [-0.15, -0.1) is 0 Å². The third kappa shape index (κ3) is 31.6. The van der Waals surface area contributed by atoms with Crippen molar-refractivity contribution < 1.29 is 116 Å². The molecule has 36 heteroatoms. The lowest BCUT2D eigenvalue weighted by atomic mass is 9.79. The normalized spacial score (nSPS) is 10.1. The number of esters is 3. The van der Waals surface area contributed by atoms with Crippen molar-refractivity contribution in [2.24, 2.45) is 0 Å². The van der Waals surface area contributed by atoms with E-state index in [0.717, 1.165) is 39.6 Å². The number of alkyl halides is 1. The van der Waals surface area contributed by atoms with Crippen LogP contribution in [0.3, 0.4) is 0 Å². The molecule has 0 bridgehead atoms. The molecule has 0 saturated carbocycles. The second kappa shape index (κ2) is 56.3. The summed E-state index contributed by atoms with van der Waals surface area (Å²) in [5.74, 6) is -5.26. The number of benzene rings is 11. The van der Waals surface area contributed by atoms with Crippen LogP contribution in [0.25, 0.3) is 55.2 Å². The number of aromatic hydroxyl groups is 1. The summed E-state index contributed by atoms with van der Waals surface area (Å²) in [6, 6.07) is 56.4. The van der Waals surface area contributed by atoms with Gasteiger partial charge in [0.1, 0.15) is 52.0 Å². The average molecular weight is 2110 g/mol. The molecule has 0 aliphatic heterocycles. The number of rotatable bonds is 25. The van der Waals surface area contributed by atoms with Crippen LogP contribution in [0.15, 0.2) is 234 Å². The molecule has 0 unspecified atom stereocenters. The number of carboxylic acids is 1. The minimum atomic E-state index is -1.71. The second-order valence-electron chi connectivity index (χ2n) is 28.1. The summed E-state index contributed by atoms with van der Waals surface area (Å²) in [4.78, 5) is 113. The number of carboxylic acid groups (broad SMARTS) is 1. The number of phenolic OH excluding ortho intramolecular Hbond substituents is 1. The zero-order chi connectivity index (χ0) is 100. The fourth-order valence-corrected chi connectivity index (χ4v) is 13.3. The van der Waals surface area contributed by atoms with E-state index in [9.17, 15) is 65.8 Å². The lowest BCUT2D eigenvalue weighted by Crippen LogP contribution is -2.32. The Bertz CT molecular complexity index is 6320. The Morgan fingerprint density at radius 1 is 0.426 bits per heavy atom. The number of hydrogen-bond acceptors (Lipinski definition) is 20. The highest BCUT2D eigenvalue weighted by molar-refractivity contribution is 14.1. The van der Waals surface area contributed by atoms with Gasteiger partial charge in [0, 0.05) is 89.9 Å². The van der Waals surface area contributed by atoms with Gasteiger partial charge in [0.2, 0.25) is 0 Å². The van der Waals surface area contributed by atoms with E-state index in [0.29, 0.717) is 116 Å². The number of aromatic nitrogens is 2. The largest absolute Gasteiger partial charge is 0.507 e. The van der Waals surface area contributed by atoms with Gasteiger partial charge in [0.15, 0.2) is 0 Å². The Hall–Kier alpha value is -13.9. The van der Waals surface area contributed by atoms with Crippen LogP contribution in [0.1, 0.15) is 140 Å². The number of para-hydroxylation sites is 2. The van der Waals surface area contributed by atoms with Crippen LogP contribution in [0, 0.1) is 23.3 Å². The van der Waals surface area contributed by atoms with E-state index in [1.807, 2.05) is 64.5 Å². The molecule has 11 N–H and O–H groups in total. The summed E-state index contributed by atoms with van der Waals surface area (Å²) in [6.07, 6.45) is 3.86. The summed E-state index contributed by atoms with van der Waals surface area (Å²) in [5, 5.41) is 50.8. The number of methoxy groups -OCH3 is 3. The number of carbonyl (C=O) groups excluding carboxylic acids is 8. The molecule has 0 radical (unpaired) electrons. The first-order valence-electron chi connectivity index (χ1n) is 41.8. The zero-order valence-corrected chi connectivity index (χ0v) is 82.1. The number of ether oxygens (including phenoxy) is 7. The van der Waals surface area contributed by atoms with E-state index in [2.05, 4.69) is 132 Å². The maximum Gasteiger partial charge on any atom is 0.488 e. The molecule has 5 amide bonds. The first-order valence-corrected chi connectivity index (χ1v) is 44.9. The van der Waals surface area contributed by atoms with Crippen molar-refractivity contribution in [3.8, 4) is 62.1 Å². The molecule has 0 aliphatic rings. The van der Waals surface area contributed by atoms with Gasteiger partial charge < -0.3 is 94.9 Å². The van der Waals surface area contributed by atoms with Crippen LogP contribution in [0.5, 0.6) is 28.7 Å². The number of carbonyl (C=O) groups is 9. The molecule has 718 valence electrons. The smallest absolute Gasteiger partial charge is 0.488 e. The predicted octanol–water partition coefficient (Wildman–Crippen LogP) is 18.0. The summed E-state index contributed by atoms with van der Waals surface area (Å²) >= 11 is 8.71. The van der Waals surface area contributed by atoms with Crippen molar-refractivity contribution in [3.05, 3.63) is 318 Å². The third-order valence-electron chi connectivity index (χ3n) is 19.3. The maximum atomic E-state index is 14.1. The van der Waals surface area contributed by atoms with Crippen molar-refractivity contribution in [2.45, 2.75) is 47.7 Å². The number of hydrogen-bond donors (Lipinski definition) is 11. The summed E-state index contributed by atoms with van der Waals surface area (Å²) in [6.45, 7) is 12.5. The molecular formula is C100H106BBr2F4IN8O20. The van der Waals surface area contributed by atoms with Crippen LogP contribution >= 0.6 is 54.5 Å². The quantitative estimate of drug-likeness (QED) is 0.00632. The molecule has 0 fully saturated rings. The van der Waals surface area contributed by atoms with Gasteiger partial charge in [-0.05, 0) is 267 Å². The topological polar surface area (TPSA) is 394 Å². The SMILES string of the molecule is CCI.CCOc1cc(C(=O)N(C)Cc2cccc3cc[nH]c23)ccc1-c1ccc(F)c(C(=O)NC)c1.CCOc1cc(C(=O)O)ccc1-c1ccc(F)c(C(=O)NC)c1.CCOc1cc(C(=O)OC)ccc1-c1ccc(F)c(C(=O)NC)c1.CCOc1cc(C(=O)OC)ccc1Br.CNC(=O)c1cc(B(O)O)ccc1F.CNCc1cccc2cc[nH]c12.COC(=O)c1ccc(Br)c(O)c1.[2HH]. The van der Waals surface area contributed by atoms with Crippen LogP contribution in [0.2, 0.25) is 0 Å². The molecule has 2 aromatic heterocycles. The Morgan fingerprint density at radius 3 is 1.15 bits per heavy atom. The molecule has 0 aliphatic carbocycles. The number of nitrogens with zero attached hydrogens (tertiary/aromatic N) is 1. The van der Waals surface area contributed by atoms with Crippen molar-refractivity contribution in [2.75, 3.05) is 94.5 Å². The van der Waals surface area contributed by atoms with Gasteiger partial charge in [-0.3, -0.25) is 24.0 Å². The Morgan fingerprint density at radius 2 is 0.765 bits per heavy atom. The number of aromatic amines is 2. The number of halogens is 7. The minimum absolute atomic E-state index is 0. The Labute approximate surface area is 816 Å². The van der Waals surface area contributed by atoms with Crippen molar-refractivity contribution in [3.63, 3.8) is 0 Å². The van der Waals surface area contributed by atoms with E-state index in [1.165, 1.54) is 137 Å². The number of fused-ring (bicyclic) bond motifs is 2. The third-order valence-corrected chi connectivity index (χ3v) is 20.6. The first-order chi connectivity index (χ1) is 65.1. The molecule has 13 rings (SSSR count). The summed E-state index contributed by atoms with van der Waals surface area (Å²) < 4.78 is 93.3. The number of H-pyrrole nitrogens is 2.